The van der Waals surface area contributed by atoms with Crippen molar-refractivity contribution in [3.8, 4) is 0 Å². The second-order valence-electron chi connectivity index (χ2n) is 4.45. The van der Waals surface area contributed by atoms with Gasteiger partial charge in [-0.25, -0.2) is 8.42 Å². The molecule has 2 aromatic rings. The highest BCUT2D eigenvalue weighted by Crippen LogP contribution is 2.22. The normalized spacial score (nSPS) is 11.6. The number of hydrogen-bond acceptors (Lipinski definition) is 6. The molecule has 1 aromatic carbocycles. The van der Waals surface area contributed by atoms with Gasteiger partial charge in [-0.2, -0.15) is 0 Å². The molecule has 0 spiro atoms. The minimum absolute atomic E-state index is 0.188. The summed E-state index contributed by atoms with van der Waals surface area (Å²) in [4.78, 5) is 0.188. The van der Waals surface area contributed by atoms with Crippen LogP contribution in [-0.2, 0) is 29.4 Å². The van der Waals surface area contributed by atoms with Crippen LogP contribution in [0.15, 0.2) is 23.1 Å². The van der Waals surface area contributed by atoms with E-state index in [1.165, 1.54) is 11.3 Å². The minimum atomic E-state index is -3.66. The number of aromatic nitrogens is 2. The summed E-state index contributed by atoms with van der Waals surface area (Å²) < 4.78 is 27.2. The Bertz CT molecular complexity index is 726. The average molecular weight is 326 g/mol. The smallest absolute Gasteiger partial charge is 0.263 e. The van der Waals surface area contributed by atoms with Gasteiger partial charge in [0, 0.05) is 6.54 Å². The zero-order chi connectivity index (χ0) is 15.5. The second-order valence-corrected chi connectivity index (χ2v) is 7.19. The van der Waals surface area contributed by atoms with E-state index < -0.39 is 10.0 Å². The van der Waals surface area contributed by atoms with Gasteiger partial charge in [0.2, 0.25) is 5.13 Å². The van der Waals surface area contributed by atoms with Crippen LogP contribution >= 0.6 is 11.3 Å². The summed E-state index contributed by atoms with van der Waals surface area (Å²) in [6.07, 6.45) is 1.54. The average Bonchev–Trinajstić information content (AvgIpc) is 2.93. The Balaban J connectivity index is 2.30. The predicted molar refractivity (Wildman–Crippen MR) is 83.8 cm³/mol. The van der Waals surface area contributed by atoms with E-state index in [0.29, 0.717) is 6.54 Å². The SMILES string of the molecule is CCc1nnc(NS(=O)(=O)c2ccc(CC)c(CN)c2)s1. The number of benzene rings is 1. The molecule has 0 radical (unpaired) electrons. The molecular formula is C13H18N4O2S2. The van der Waals surface area contributed by atoms with Gasteiger partial charge in [0.1, 0.15) is 5.01 Å². The van der Waals surface area contributed by atoms with Gasteiger partial charge in [0.25, 0.3) is 10.0 Å². The number of anilines is 1. The van der Waals surface area contributed by atoms with Crippen LogP contribution in [0.4, 0.5) is 5.13 Å². The van der Waals surface area contributed by atoms with Crippen molar-refractivity contribution in [2.75, 3.05) is 4.72 Å². The lowest BCUT2D eigenvalue weighted by atomic mass is 10.1. The van der Waals surface area contributed by atoms with Crippen molar-refractivity contribution in [2.45, 2.75) is 38.1 Å². The molecule has 21 heavy (non-hydrogen) atoms. The van der Waals surface area contributed by atoms with Crippen LogP contribution in [0.5, 0.6) is 0 Å². The number of nitrogens with one attached hydrogen (secondary N) is 1. The molecular weight excluding hydrogens is 308 g/mol. The Labute approximate surface area is 128 Å². The molecule has 0 atom stereocenters. The predicted octanol–water partition coefficient (Wildman–Crippen LogP) is 1.92. The van der Waals surface area contributed by atoms with Crippen molar-refractivity contribution in [3.05, 3.63) is 34.3 Å². The van der Waals surface area contributed by atoms with Crippen molar-refractivity contribution >= 4 is 26.5 Å². The van der Waals surface area contributed by atoms with Gasteiger partial charge in [-0.05, 0) is 36.1 Å². The minimum Gasteiger partial charge on any atom is -0.326 e. The van der Waals surface area contributed by atoms with Crippen LogP contribution in [-0.4, -0.2) is 18.6 Å². The molecule has 6 nitrogen and oxygen atoms in total. The lowest BCUT2D eigenvalue weighted by Crippen LogP contribution is -2.14. The monoisotopic (exact) mass is 326 g/mol. The van der Waals surface area contributed by atoms with Gasteiger partial charge in [-0.15, -0.1) is 10.2 Å². The third kappa shape index (κ3) is 3.58. The molecule has 8 heteroatoms. The number of hydrogen-bond donors (Lipinski definition) is 2. The van der Waals surface area contributed by atoms with Crippen LogP contribution in [0.1, 0.15) is 30.0 Å². The highest BCUT2D eigenvalue weighted by molar-refractivity contribution is 7.93. The van der Waals surface area contributed by atoms with E-state index in [1.54, 1.807) is 18.2 Å². The van der Waals surface area contributed by atoms with E-state index in [9.17, 15) is 8.42 Å². The molecule has 0 saturated heterocycles. The molecule has 1 heterocycles. The van der Waals surface area contributed by atoms with Gasteiger partial charge >= 0.3 is 0 Å². The maximum absolute atomic E-state index is 12.4. The fourth-order valence-corrected chi connectivity index (χ4v) is 3.88. The first kappa shape index (κ1) is 15.9. The quantitative estimate of drug-likeness (QED) is 0.845. The summed E-state index contributed by atoms with van der Waals surface area (Å²) in [5.41, 5.74) is 7.57. The molecule has 0 amide bonds. The Morgan fingerprint density at radius 1 is 1.19 bits per heavy atom. The number of sulfonamides is 1. The molecule has 1 aromatic heterocycles. The lowest BCUT2D eigenvalue weighted by Gasteiger charge is -2.09. The second kappa shape index (κ2) is 6.50. The van der Waals surface area contributed by atoms with E-state index in [4.69, 9.17) is 5.73 Å². The van der Waals surface area contributed by atoms with Crippen LogP contribution in [0.3, 0.4) is 0 Å². The van der Waals surface area contributed by atoms with E-state index in [2.05, 4.69) is 14.9 Å². The maximum atomic E-state index is 12.4. The first-order chi connectivity index (χ1) is 10.00. The highest BCUT2D eigenvalue weighted by atomic mass is 32.2. The molecule has 0 bridgehead atoms. The van der Waals surface area contributed by atoms with Gasteiger partial charge in [0.05, 0.1) is 4.90 Å². The number of rotatable bonds is 6. The third-order valence-electron chi connectivity index (χ3n) is 3.08. The summed E-state index contributed by atoms with van der Waals surface area (Å²) in [6, 6.07) is 5.00. The maximum Gasteiger partial charge on any atom is 0.263 e. The van der Waals surface area contributed by atoms with Crippen LogP contribution in [0.2, 0.25) is 0 Å². The van der Waals surface area contributed by atoms with Crippen molar-refractivity contribution < 1.29 is 8.42 Å². The van der Waals surface area contributed by atoms with Crippen LogP contribution < -0.4 is 10.5 Å². The topological polar surface area (TPSA) is 98.0 Å². The van der Waals surface area contributed by atoms with E-state index in [0.717, 1.165) is 29.0 Å². The molecule has 114 valence electrons. The number of nitrogens with two attached hydrogens (primary N) is 1. The summed E-state index contributed by atoms with van der Waals surface area (Å²) in [6.45, 7) is 4.26. The van der Waals surface area contributed by atoms with Crippen LogP contribution in [0.25, 0.3) is 0 Å². The lowest BCUT2D eigenvalue weighted by molar-refractivity contribution is 0.601. The van der Waals surface area contributed by atoms with E-state index >= 15 is 0 Å². The zero-order valence-corrected chi connectivity index (χ0v) is 13.6. The molecule has 0 saturated carbocycles. The molecule has 3 N–H and O–H groups in total. The van der Waals surface area contributed by atoms with E-state index in [1.807, 2.05) is 13.8 Å². The molecule has 0 aliphatic rings. The fourth-order valence-electron chi connectivity index (χ4n) is 1.92. The molecule has 0 fully saturated rings. The summed E-state index contributed by atoms with van der Waals surface area (Å²) >= 11 is 1.23. The van der Waals surface area contributed by atoms with Gasteiger partial charge in [-0.1, -0.05) is 31.3 Å². The summed E-state index contributed by atoms with van der Waals surface area (Å²) in [5.74, 6) is 0. The van der Waals surface area contributed by atoms with Crippen molar-refractivity contribution in [1.82, 2.24) is 10.2 Å². The van der Waals surface area contributed by atoms with Gasteiger partial charge < -0.3 is 5.73 Å². The standard InChI is InChI=1S/C13H18N4O2S2/c1-3-9-5-6-11(7-10(9)8-14)21(18,19)17-13-16-15-12(4-2)20-13/h5-7H,3-4,8,14H2,1-2H3,(H,16,17). The largest absolute Gasteiger partial charge is 0.326 e. The van der Waals surface area contributed by atoms with E-state index in [-0.39, 0.29) is 10.0 Å². The summed E-state index contributed by atoms with van der Waals surface area (Å²) in [5, 5.41) is 8.79. The number of nitrogens with zero attached hydrogens (tertiary/aromatic N) is 2. The summed E-state index contributed by atoms with van der Waals surface area (Å²) in [7, 11) is -3.66. The third-order valence-corrected chi connectivity index (χ3v) is 5.53. The fraction of sp³-hybridized carbons (Fsp3) is 0.385. The first-order valence-electron chi connectivity index (χ1n) is 6.67. The molecule has 2 rings (SSSR count). The highest BCUT2D eigenvalue weighted by Gasteiger charge is 2.18. The van der Waals surface area contributed by atoms with Gasteiger partial charge in [-0.3, -0.25) is 4.72 Å². The van der Waals surface area contributed by atoms with Crippen LogP contribution in [0, 0.1) is 0 Å². The molecule has 0 unspecified atom stereocenters. The Kier molecular flexibility index (Phi) is 4.92. The van der Waals surface area contributed by atoms with Crippen molar-refractivity contribution in [2.24, 2.45) is 5.73 Å². The Morgan fingerprint density at radius 2 is 1.95 bits per heavy atom. The molecule has 0 aliphatic carbocycles. The molecule has 0 aliphatic heterocycles. The Hall–Kier alpha value is -1.51. The Morgan fingerprint density at radius 3 is 2.52 bits per heavy atom. The van der Waals surface area contributed by atoms with Crippen molar-refractivity contribution in [3.63, 3.8) is 0 Å². The van der Waals surface area contributed by atoms with Gasteiger partial charge in [0.15, 0.2) is 0 Å². The zero-order valence-electron chi connectivity index (χ0n) is 12.0. The number of aryl methyl sites for hydroxylation is 2. The first-order valence-corrected chi connectivity index (χ1v) is 8.97. The van der Waals surface area contributed by atoms with Crippen molar-refractivity contribution in [1.29, 1.82) is 0 Å².